The van der Waals surface area contributed by atoms with Crippen LogP contribution in [-0.4, -0.2) is 29.4 Å². The van der Waals surface area contributed by atoms with Gasteiger partial charge in [-0.05, 0) is 25.7 Å². The van der Waals surface area contributed by atoms with E-state index in [1.807, 2.05) is 0 Å². The number of aromatic nitrogens is 2. The molecule has 1 saturated carbocycles. The molecule has 0 atom stereocenters. The predicted octanol–water partition coefficient (Wildman–Crippen LogP) is 1.22. The Morgan fingerprint density at radius 3 is 2.75 bits per heavy atom. The van der Waals surface area contributed by atoms with Crippen LogP contribution in [0.2, 0.25) is 0 Å². The molecule has 1 saturated heterocycles. The third-order valence-electron chi connectivity index (χ3n) is 3.19. The van der Waals surface area contributed by atoms with Crippen LogP contribution in [0.1, 0.15) is 43.3 Å². The first-order valence-corrected chi connectivity index (χ1v) is 6.05. The maximum Gasteiger partial charge on any atom is 0.240 e. The molecule has 0 bridgehead atoms. The van der Waals surface area contributed by atoms with Crippen molar-refractivity contribution in [1.82, 2.24) is 15.5 Å². The lowest BCUT2D eigenvalue weighted by Gasteiger charge is -2.18. The highest BCUT2D eigenvalue weighted by Crippen LogP contribution is 2.24. The molecule has 0 unspecified atom stereocenters. The van der Waals surface area contributed by atoms with E-state index in [1.54, 1.807) is 0 Å². The molecule has 88 valence electrons. The minimum Gasteiger partial charge on any atom is -0.381 e. The molecule has 1 aliphatic heterocycles. The van der Waals surface area contributed by atoms with E-state index in [1.165, 1.54) is 12.8 Å². The van der Waals surface area contributed by atoms with Gasteiger partial charge >= 0.3 is 0 Å². The Bertz CT molecular complexity index is 343. The molecule has 0 aromatic carbocycles. The molecule has 16 heavy (non-hydrogen) atoms. The van der Waals surface area contributed by atoms with Crippen molar-refractivity contribution in [2.75, 3.05) is 13.2 Å². The van der Waals surface area contributed by atoms with Crippen molar-refractivity contribution < 1.29 is 9.26 Å². The molecule has 1 aromatic heterocycles. The summed E-state index contributed by atoms with van der Waals surface area (Å²) in [5, 5.41) is 7.42. The number of ether oxygens (including phenoxy) is 1. The first-order chi connectivity index (χ1) is 7.92. The number of nitrogens with zero attached hydrogens (tertiary/aromatic N) is 2. The Hall–Kier alpha value is -0.940. The van der Waals surface area contributed by atoms with Gasteiger partial charge in [0.05, 0.1) is 6.54 Å². The number of rotatable bonds is 4. The Labute approximate surface area is 94.6 Å². The Balaban J connectivity index is 1.57. The molecule has 3 rings (SSSR count). The maximum atomic E-state index is 5.32. The van der Waals surface area contributed by atoms with Gasteiger partial charge in [0, 0.05) is 25.2 Å². The molecule has 2 fully saturated rings. The zero-order valence-electron chi connectivity index (χ0n) is 9.32. The molecule has 0 spiro atoms. The monoisotopic (exact) mass is 223 g/mol. The van der Waals surface area contributed by atoms with Crippen LogP contribution in [0.5, 0.6) is 0 Å². The molecule has 0 radical (unpaired) electrons. The normalized spacial score (nSPS) is 22.5. The second-order valence-electron chi connectivity index (χ2n) is 4.59. The molecular formula is C11H17N3O2. The van der Waals surface area contributed by atoms with Gasteiger partial charge in [-0.3, -0.25) is 0 Å². The summed E-state index contributed by atoms with van der Waals surface area (Å²) in [6.07, 6.45) is 4.58. The van der Waals surface area contributed by atoms with Gasteiger partial charge in [0.15, 0.2) is 5.82 Å². The van der Waals surface area contributed by atoms with Gasteiger partial charge in [-0.25, -0.2) is 0 Å². The smallest absolute Gasteiger partial charge is 0.240 e. The first-order valence-electron chi connectivity index (χ1n) is 6.05. The summed E-state index contributed by atoms with van der Waals surface area (Å²) in [4.78, 5) is 4.44. The van der Waals surface area contributed by atoms with Crippen LogP contribution in [0.3, 0.4) is 0 Å². The van der Waals surface area contributed by atoms with E-state index < -0.39 is 0 Å². The fraction of sp³-hybridized carbons (Fsp3) is 0.818. The largest absolute Gasteiger partial charge is 0.381 e. The van der Waals surface area contributed by atoms with Crippen molar-refractivity contribution in [3.63, 3.8) is 0 Å². The van der Waals surface area contributed by atoms with Crippen LogP contribution in [0, 0.1) is 0 Å². The molecule has 1 N–H and O–H groups in total. The van der Waals surface area contributed by atoms with Crippen molar-refractivity contribution in [3.05, 3.63) is 11.7 Å². The average Bonchev–Trinajstić information content (AvgIpc) is 3.05. The number of nitrogens with one attached hydrogen (secondary N) is 1. The van der Waals surface area contributed by atoms with E-state index in [2.05, 4.69) is 15.5 Å². The predicted molar refractivity (Wildman–Crippen MR) is 57.0 cm³/mol. The van der Waals surface area contributed by atoms with Gasteiger partial charge in [0.2, 0.25) is 5.89 Å². The van der Waals surface area contributed by atoms with E-state index in [9.17, 15) is 0 Å². The molecule has 5 nitrogen and oxygen atoms in total. The zero-order chi connectivity index (χ0) is 10.8. The SMILES string of the molecule is C1CC(c2noc(CNC3CC3)n2)CCO1. The summed E-state index contributed by atoms with van der Waals surface area (Å²) in [6, 6.07) is 0.679. The molecule has 2 heterocycles. The topological polar surface area (TPSA) is 60.2 Å². The second-order valence-corrected chi connectivity index (χ2v) is 4.59. The molecule has 1 aliphatic carbocycles. The van der Waals surface area contributed by atoms with E-state index in [0.717, 1.165) is 31.9 Å². The lowest BCUT2D eigenvalue weighted by atomic mass is 10.00. The van der Waals surface area contributed by atoms with Gasteiger partial charge < -0.3 is 14.6 Å². The van der Waals surface area contributed by atoms with Gasteiger partial charge in [-0.15, -0.1) is 0 Å². The number of hydrogen-bond acceptors (Lipinski definition) is 5. The minimum absolute atomic E-state index is 0.423. The highest BCUT2D eigenvalue weighted by Gasteiger charge is 2.23. The molecular weight excluding hydrogens is 206 g/mol. The van der Waals surface area contributed by atoms with Gasteiger partial charge in [-0.1, -0.05) is 5.16 Å². The zero-order valence-corrected chi connectivity index (χ0v) is 9.32. The Morgan fingerprint density at radius 2 is 2.00 bits per heavy atom. The van der Waals surface area contributed by atoms with E-state index in [4.69, 9.17) is 9.26 Å². The Kier molecular flexibility index (Phi) is 2.88. The van der Waals surface area contributed by atoms with Gasteiger partial charge in [0.1, 0.15) is 0 Å². The highest BCUT2D eigenvalue weighted by molar-refractivity contribution is 4.97. The standard InChI is InChI=1S/C11H17N3O2/c1-2-9(1)12-7-10-13-11(14-16-10)8-3-5-15-6-4-8/h8-9,12H,1-7H2. The average molecular weight is 223 g/mol. The molecule has 1 aromatic rings. The summed E-state index contributed by atoms with van der Waals surface area (Å²) >= 11 is 0. The quantitative estimate of drug-likeness (QED) is 0.831. The van der Waals surface area contributed by atoms with Crippen molar-refractivity contribution in [3.8, 4) is 0 Å². The fourth-order valence-corrected chi connectivity index (χ4v) is 1.98. The summed E-state index contributed by atoms with van der Waals surface area (Å²) in [7, 11) is 0. The lowest BCUT2D eigenvalue weighted by Crippen LogP contribution is -2.16. The van der Waals surface area contributed by atoms with Crippen LogP contribution in [0.4, 0.5) is 0 Å². The summed E-state index contributed by atoms with van der Waals surface area (Å²) in [5.41, 5.74) is 0. The Morgan fingerprint density at radius 1 is 1.19 bits per heavy atom. The van der Waals surface area contributed by atoms with Gasteiger partial charge in [0.25, 0.3) is 0 Å². The first kappa shape index (κ1) is 10.2. The van der Waals surface area contributed by atoms with E-state index in [0.29, 0.717) is 24.4 Å². The highest BCUT2D eigenvalue weighted by atomic mass is 16.5. The molecule has 2 aliphatic rings. The maximum absolute atomic E-state index is 5.32. The third-order valence-corrected chi connectivity index (χ3v) is 3.19. The van der Waals surface area contributed by atoms with Crippen molar-refractivity contribution in [1.29, 1.82) is 0 Å². The van der Waals surface area contributed by atoms with Crippen LogP contribution in [0.15, 0.2) is 4.52 Å². The van der Waals surface area contributed by atoms with Crippen molar-refractivity contribution >= 4 is 0 Å². The van der Waals surface area contributed by atoms with Crippen LogP contribution >= 0.6 is 0 Å². The van der Waals surface area contributed by atoms with Crippen molar-refractivity contribution in [2.45, 2.75) is 44.2 Å². The van der Waals surface area contributed by atoms with Crippen LogP contribution < -0.4 is 5.32 Å². The fourth-order valence-electron chi connectivity index (χ4n) is 1.98. The summed E-state index contributed by atoms with van der Waals surface area (Å²) in [5.74, 6) is 2.00. The molecule has 0 amide bonds. The van der Waals surface area contributed by atoms with E-state index in [-0.39, 0.29) is 0 Å². The molecule has 5 heteroatoms. The lowest BCUT2D eigenvalue weighted by molar-refractivity contribution is 0.0830. The van der Waals surface area contributed by atoms with Crippen LogP contribution in [-0.2, 0) is 11.3 Å². The second kappa shape index (κ2) is 4.51. The summed E-state index contributed by atoms with van der Waals surface area (Å²) < 4.78 is 10.5. The van der Waals surface area contributed by atoms with Crippen molar-refractivity contribution in [2.24, 2.45) is 0 Å². The minimum atomic E-state index is 0.423. The summed E-state index contributed by atoms with van der Waals surface area (Å²) in [6.45, 7) is 2.34. The third kappa shape index (κ3) is 2.41. The van der Waals surface area contributed by atoms with E-state index >= 15 is 0 Å². The van der Waals surface area contributed by atoms with Gasteiger partial charge in [-0.2, -0.15) is 4.98 Å². The number of hydrogen-bond donors (Lipinski definition) is 1. The van der Waals surface area contributed by atoms with Crippen LogP contribution in [0.25, 0.3) is 0 Å².